The van der Waals surface area contributed by atoms with E-state index in [4.69, 9.17) is 11.6 Å². The van der Waals surface area contributed by atoms with Gasteiger partial charge in [-0.3, -0.25) is 0 Å². The van der Waals surface area contributed by atoms with E-state index in [0.717, 1.165) is 25.2 Å². The van der Waals surface area contributed by atoms with Crippen LogP contribution in [0.4, 0.5) is 10.1 Å². The number of nitrogens with zero attached hydrogens (tertiary/aromatic N) is 1. The molecule has 1 fully saturated rings. The average Bonchev–Trinajstić information content (AvgIpc) is 2.38. The molecule has 1 aromatic carbocycles. The van der Waals surface area contributed by atoms with Gasteiger partial charge in [0.1, 0.15) is 5.82 Å². The second-order valence-corrected chi connectivity index (χ2v) is 5.98. The summed E-state index contributed by atoms with van der Waals surface area (Å²) in [5.74, 6) is 0.289. The van der Waals surface area contributed by atoms with Crippen LogP contribution in [0, 0.1) is 11.7 Å². The van der Waals surface area contributed by atoms with Crippen LogP contribution >= 0.6 is 11.6 Å². The standard InChI is InChI=1S/C15H22ClFN2/c1-4-12-8-18-14(10(2)3)9-19(12)15-6-5-11(17)7-13(15)16/h5-7,10,12,14,18H,4,8-9H2,1-3H3. The maximum atomic E-state index is 13.2. The van der Waals surface area contributed by atoms with Crippen LogP contribution in [0.2, 0.25) is 5.02 Å². The first-order valence-electron chi connectivity index (χ1n) is 6.98. The summed E-state index contributed by atoms with van der Waals surface area (Å²) in [5.41, 5.74) is 0.946. The molecule has 0 radical (unpaired) electrons. The maximum absolute atomic E-state index is 13.2. The van der Waals surface area contributed by atoms with Gasteiger partial charge >= 0.3 is 0 Å². The van der Waals surface area contributed by atoms with Crippen LogP contribution in [0.3, 0.4) is 0 Å². The number of halogens is 2. The van der Waals surface area contributed by atoms with Crippen LogP contribution in [-0.4, -0.2) is 25.2 Å². The lowest BCUT2D eigenvalue weighted by Crippen LogP contribution is -2.58. The molecule has 2 rings (SSSR count). The molecule has 1 aliphatic heterocycles. The van der Waals surface area contributed by atoms with Crippen molar-refractivity contribution in [3.05, 3.63) is 29.0 Å². The topological polar surface area (TPSA) is 15.3 Å². The summed E-state index contributed by atoms with van der Waals surface area (Å²) in [4.78, 5) is 2.32. The minimum atomic E-state index is -0.280. The summed E-state index contributed by atoms with van der Waals surface area (Å²) >= 11 is 6.21. The number of rotatable bonds is 3. The summed E-state index contributed by atoms with van der Waals surface area (Å²) in [6.45, 7) is 8.48. The van der Waals surface area contributed by atoms with Crippen LogP contribution in [-0.2, 0) is 0 Å². The molecule has 0 aliphatic carbocycles. The molecule has 0 spiro atoms. The molecule has 1 saturated heterocycles. The van der Waals surface area contributed by atoms with Crippen molar-refractivity contribution in [2.75, 3.05) is 18.0 Å². The molecular weight excluding hydrogens is 263 g/mol. The lowest BCUT2D eigenvalue weighted by molar-refractivity contribution is 0.325. The van der Waals surface area contributed by atoms with Crippen LogP contribution in [0.1, 0.15) is 27.2 Å². The van der Waals surface area contributed by atoms with Gasteiger partial charge in [0.25, 0.3) is 0 Å². The van der Waals surface area contributed by atoms with Crippen LogP contribution in [0.5, 0.6) is 0 Å². The van der Waals surface area contributed by atoms with Crippen LogP contribution < -0.4 is 10.2 Å². The Labute approximate surface area is 119 Å². The summed E-state index contributed by atoms with van der Waals surface area (Å²) < 4.78 is 13.2. The van der Waals surface area contributed by atoms with Crippen molar-refractivity contribution in [2.24, 2.45) is 5.92 Å². The van der Waals surface area contributed by atoms with Crippen LogP contribution in [0.15, 0.2) is 18.2 Å². The highest BCUT2D eigenvalue weighted by Gasteiger charge is 2.29. The highest BCUT2D eigenvalue weighted by Crippen LogP contribution is 2.30. The Morgan fingerprint density at radius 1 is 1.47 bits per heavy atom. The van der Waals surface area contributed by atoms with Crippen molar-refractivity contribution in [1.29, 1.82) is 0 Å². The average molecular weight is 285 g/mol. The van der Waals surface area contributed by atoms with Gasteiger partial charge in [0.15, 0.2) is 0 Å². The zero-order chi connectivity index (χ0) is 14.0. The summed E-state index contributed by atoms with van der Waals surface area (Å²) in [6.07, 6.45) is 1.05. The quantitative estimate of drug-likeness (QED) is 0.911. The number of nitrogens with one attached hydrogen (secondary N) is 1. The summed E-state index contributed by atoms with van der Waals surface area (Å²) in [5, 5.41) is 4.09. The van der Waals surface area contributed by atoms with Gasteiger partial charge in [-0.2, -0.15) is 0 Å². The molecule has 1 aliphatic rings. The molecule has 1 aromatic rings. The van der Waals surface area contributed by atoms with E-state index in [9.17, 15) is 4.39 Å². The fourth-order valence-corrected chi connectivity index (χ4v) is 2.92. The Hall–Kier alpha value is -0.800. The maximum Gasteiger partial charge on any atom is 0.124 e. The van der Waals surface area contributed by atoms with Crippen molar-refractivity contribution in [1.82, 2.24) is 5.32 Å². The van der Waals surface area contributed by atoms with Gasteiger partial charge in [-0.15, -0.1) is 0 Å². The van der Waals surface area contributed by atoms with Crippen molar-refractivity contribution < 1.29 is 4.39 Å². The minimum absolute atomic E-state index is 0.280. The predicted octanol–water partition coefficient (Wildman–Crippen LogP) is 3.69. The van der Waals surface area contributed by atoms with Gasteiger partial charge in [-0.1, -0.05) is 32.4 Å². The van der Waals surface area contributed by atoms with Gasteiger partial charge < -0.3 is 10.2 Å². The second kappa shape index (κ2) is 6.10. The van der Waals surface area contributed by atoms with Crippen molar-refractivity contribution >= 4 is 17.3 Å². The second-order valence-electron chi connectivity index (χ2n) is 5.57. The largest absolute Gasteiger partial charge is 0.365 e. The van der Waals surface area contributed by atoms with E-state index < -0.39 is 0 Å². The van der Waals surface area contributed by atoms with E-state index in [1.54, 1.807) is 6.07 Å². The molecule has 1 heterocycles. The van der Waals surface area contributed by atoms with Gasteiger partial charge in [0.05, 0.1) is 10.7 Å². The molecule has 0 aromatic heterocycles. The van der Waals surface area contributed by atoms with Crippen molar-refractivity contribution in [3.63, 3.8) is 0 Å². The molecule has 0 saturated carbocycles. The zero-order valence-electron chi connectivity index (χ0n) is 11.8. The molecule has 4 heteroatoms. The Balaban J connectivity index is 2.27. The van der Waals surface area contributed by atoms with Gasteiger partial charge in [0.2, 0.25) is 0 Å². The van der Waals surface area contributed by atoms with Gasteiger partial charge in [-0.25, -0.2) is 4.39 Å². The molecule has 2 unspecified atom stereocenters. The highest BCUT2D eigenvalue weighted by atomic mass is 35.5. The summed E-state index contributed by atoms with van der Waals surface area (Å²) in [6, 6.07) is 5.54. The lowest BCUT2D eigenvalue weighted by atomic mass is 9.98. The van der Waals surface area contributed by atoms with E-state index in [1.165, 1.54) is 12.1 Å². The van der Waals surface area contributed by atoms with Crippen molar-refractivity contribution in [3.8, 4) is 0 Å². The molecule has 0 bridgehead atoms. The number of piperazine rings is 1. The third-order valence-corrected chi connectivity index (χ3v) is 4.25. The highest BCUT2D eigenvalue weighted by molar-refractivity contribution is 6.33. The molecule has 2 nitrogen and oxygen atoms in total. The van der Waals surface area contributed by atoms with E-state index in [2.05, 4.69) is 31.0 Å². The van der Waals surface area contributed by atoms with E-state index >= 15 is 0 Å². The molecule has 106 valence electrons. The number of hydrogen-bond donors (Lipinski definition) is 1. The SMILES string of the molecule is CCC1CNC(C(C)C)CN1c1ccc(F)cc1Cl. The lowest BCUT2D eigenvalue weighted by Gasteiger charge is -2.43. The fraction of sp³-hybridized carbons (Fsp3) is 0.600. The fourth-order valence-electron chi connectivity index (χ4n) is 2.64. The summed E-state index contributed by atoms with van der Waals surface area (Å²) in [7, 11) is 0. The Morgan fingerprint density at radius 2 is 2.21 bits per heavy atom. The van der Waals surface area contributed by atoms with E-state index in [1.807, 2.05) is 0 Å². The third-order valence-electron chi connectivity index (χ3n) is 3.94. The first-order chi connectivity index (χ1) is 9.02. The van der Waals surface area contributed by atoms with E-state index in [0.29, 0.717) is 23.0 Å². The smallest absolute Gasteiger partial charge is 0.124 e. The van der Waals surface area contributed by atoms with Crippen molar-refractivity contribution in [2.45, 2.75) is 39.3 Å². The normalized spacial score (nSPS) is 24.0. The zero-order valence-corrected chi connectivity index (χ0v) is 12.5. The Kier molecular flexibility index (Phi) is 4.69. The van der Waals surface area contributed by atoms with Gasteiger partial charge in [0, 0.05) is 25.2 Å². The molecule has 0 amide bonds. The predicted molar refractivity (Wildman–Crippen MR) is 79.5 cm³/mol. The Morgan fingerprint density at radius 3 is 2.79 bits per heavy atom. The minimum Gasteiger partial charge on any atom is -0.365 e. The molecule has 2 atom stereocenters. The number of benzene rings is 1. The van der Waals surface area contributed by atoms with Crippen LogP contribution in [0.25, 0.3) is 0 Å². The molecule has 1 N–H and O–H groups in total. The number of hydrogen-bond acceptors (Lipinski definition) is 2. The first kappa shape index (κ1) is 14.6. The molecule has 19 heavy (non-hydrogen) atoms. The Bertz CT molecular complexity index is 436. The first-order valence-corrected chi connectivity index (χ1v) is 7.35. The van der Waals surface area contributed by atoms with Gasteiger partial charge in [-0.05, 0) is 30.5 Å². The number of anilines is 1. The third kappa shape index (κ3) is 3.21. The molecular formula is C15H22ClFN2. The van der Waals surface area contributed by atoms with E-state index in [-0.39, 0.29) is 5.82 Å². The monoisotopic (exact) mass is 284 g/mol.